The number of nitrogens with one attached hydrogen (secondary N) is 1. The van der Waals surface area contributed by atoms with E-state index in [9.17, 15) is 4.79 Å². The lowest BCUT2D eigenvalue weighted by Crippen LogP contribution is -2.26. The normalized spacial score (nSPS) is 10.2. The van der Waals surface area contributed by atoms with Gasteiger partial charge >= 0.3 is 0 Å². The number of halogens is 1. The van der Waals surface area contributed by atoms with Crippen LogP contribution in [0, 0.1) is 3.57 Å². The van der Waals surface area contributed by atoms with E-state index in [0.29, 0.717) is 23.6 Å². The minimum Gasteiger partial charge on any atom is -0.493 e. The zero-order valence-electron chi connectivity index (χ0n) is 11.8. The fraction of sp³-hybridized carbons (Fsp3) is 0.267. The van der Waals surface area contributed by atoms with Crippen molar-refractivity contribution in [3.8, 4) is 11.5 Å². The van der Waals surface area contributed by atoms with Crippen LogP contribution in [0.5, 0.6) is 11.5 Å². The predicted octanol–water partition coefficient (Wildman–Crippen LogP) is 3.34. The first-order valence-corrected chi connectivity index (χ1v) is 8.33. The van der Waals surface area contributed by atoms with Crippen LogP contribution in [0.15, 0.2) is 29.6 Å². The molecular weight excluding hydrogens is 401 g/mol. The fourth-order valence-electron chi connectivity index (χ4n) is 1.88. The predicted molar refractivity (Wildman–Crippen MR) is 92.6 cm³/mol. The Morgan fingerprint density at radius 2 is 2.00 bits per heavy atom. The molecular formula is C15H16INO3S. The summed E-state index contributed by atoms with van der Waals surface area (Å²) in [5.41, 5.74) is 0.597. The number of amides is 1. The smallest absolute Gasteiger partial charge is 0.252 e. The minimum atomic E-state index is -0.100. The largest absolute Gasteiger partial charge is 0.493 e. The van der Waals surface area contributed by atoms with Crippen LogP contribution < -0.4 is 14.8 Å². The maximum Gasteiger partial charge on any atom is 0.252 e. The van der Waals surface area contributed by atoms with Gasteiger partial charge in [-0.2, -0.15) is 0 Å². The zero-order chi connectivity index (χ0) is 15.2. The Bertz CT molecular complexity index is 614. The molecule has 1 aromatic carbocycles. The molecule has 0 bridgehead atoms. The maximum atomic E-state index is 12.3. The molecule has 0 atom stereocenters. The topological polar surface area (TPSA) is 47.6 Å². The third-order valence-electron chi connectivity index (χ3n) is 2.95. The number of rotatable bonds is 6. The quantitative estimate of drug-likeness (QED) is 0.734. The summed E-state index contributed by atoms with van der Waals surface area (Å²) in [4.78, 5) is 13.5. The molecule has 0 aliphatic carbocycles. The lowest BCUT2D eigenvalue weighted by atomic mass is 10.2. The highest BCUT2D eigenvalue weighted by Gasteiger charge is 2.15. The van der Waals surface area contributed by atoms with E-state index >= 15 is 0 Å². The van der Waals surface area contributed by atoms with Gasteiger partial charge in [0.25, 0.3) is 5.91 Å². The summed E-state index contributed by atoms with van der Waals surface area (Å²) < 4.78 is 11.3. The molecule has 0 aliphatic heterocycles. The second-order valence-corrected chi connectivity index (χ2v) is 6.47. The molecule has 1 amide bonds. The Kier molecular flexibility index (Phi) is 5.86. The highest BCUT2D eigenvalue weighted by atomic mass is 127. The van der Waals surface area contributed by atoms with Crippen LogP contribution in [0.1, 0.15) is 15.2 Å². The summed E-state index contributed by atoms with van der Waals surface area (Å²) in [5, 5.41) is 4.97. The number of thiophene rings is 1. The highest BCUT2D eigenvalue weighted by molar-refractivity contribution is 14.1. The van der Waals surface area contributed by atoms with E-state index in [1.54, 1.807) is 37.7 Å². The first kappa shape index (κ1) is 16.1. The van der Waals surface area contributed by atoms with Crippen molar-refractivity contribution >= 4 is 39.8 Å². The Hall–Kier alpha value is -1.28. The summed E-state index contributed by atoms with van der Waals surface area (Å²) in [7, 11) is 3.14. The van der Waals surface area contributed by atoms with Crippen molar-refractivity contribution in [2.75, 3.05) is 20.8 Å². The first-order chi connectivity index (χ1) is 10.2. The Morgan fingerprint density at radius 1 is 1.29 bits per heavy atom. The summed E-state index contributed by atoms with van der Waals surface area (Å²) in [6.07, 6.45) is 0.841. The van der Waals surface area contributed by atoms with Gasteiger partial charge in [0, 0.05) is 15.0 Å². The summed E-state index contributed by atoms with van der Waals surface area (Å²) in [6.45, 7) is 0.615. The molecule has 1 N–H and O–H groups in total. The summed E-state index contributed by atoms with van der Waals surface area (Å²) >= 11 is 3.82. The molecule has 1 aromatic heterocycles. The molecule has 2 rings (SSSR count). The average Bonchev–Trinajstić information content (AvgIpc) is 3.00. The Balaban J connectivity index is 2.04. The van der Waals surface area contributed by atoms with Crippen LogP contribution >= 0.6 is 33.9 Å². The van der Waals surface area contributed by atoms with Crippen LogP contribution in [0.25, 0.3) is 0 Å². The van der Waals surface area contributed by atoms with Gasteiger partial charge in [-0.3, -0.25) is 4.79 Å². The van der Waals surface area contributed by atoms with E-state index in [0.717, 1.165) is 9.99 Å². The third kappa shape index (κ3) is 4.10. The molecule has 112 valence electrons. The second kappa shape index (κ2) is 7.65. The van der Waals surface area contributed by atoms with Crippen LogP contribution in [0.4, 0.5) is 0 Å². The van der Waals surface area contributed by atoms with Crippen molar-refractivity contribution in [2.24, 2.45) is 0 Å². The summed E-state index contributed by atoms with van der Waals surface area (Å²) in [6, 6.07) is 7.59. The van der Waals surface area contributed by atoms with Crippen molar-refractivity contribution in [3.63, 3.8) is 0 Å². The highest BCUT2D eigenvalue weighted by Crippen LogP contribution is 2.31. The fourth-order valence-corrected chi connectivity index (χ4v) is 3.27. The van der Waals surface area contributed by atoms with E-state index in [-0.39, 0.29) is 5.91 Å². The molecule has 0 unspecified atom stereocenters. The number of methoxy groups -OCH3 is 2. The van der Waals surface area contributed by atoms with Gasteiger partial charge in [-0.25, -0.2) is 0 Å². The molecule has 0 spiro atoms. The number of benzene rings is 1. The number of hydrogen-bond donors (Lipinski definition) is 1. The van der Waals surface area contributed by atoms with Crippen LogP contribution in [0.3, 0.4) is 0 Å². The molecule has 0 aliphatic rings. The Labute approximate surface area is 141 Å². The van der Waals surface area contributed by atoms with Crippen molar-refractivity contribution in [3.05, 3.63) is 43.7 Å². The maximum absolute atomic E-state index is 12.3. The van der Waals surface area contributed by atoms with Gasteiger partial charge in [0.05, 0.1) is 19.8 Å². The number of hydrogen-bond acceptors (Lipinski definition) is 4. The van der Waals surface area contributed by atoms with Crippen molar-refractivity contribution in [1.29, 1.82) is 0 Å². The number of carbonyl (C=O) groups is 1. The monoisotopic (exact) mass is 417 g/mol. The molecule has 6 heteroatoms. The van der Waals surface area contributed by atoms with Crippen LogP contribution in [-0.2, 0) is 6.42 Å². The molecule has 2 aromatic rings. The van der Waals surface area contributed by atoms with Gasteiger partial charge in [0.1, 0.15) is 0 Å². The summed E-state index contributed by atoms with van der Waals surface area (Å²) in [5.74, 6) is 1.08. The first-order valence-electron chi connectivity index (χ1n) is 6.37. The van der Waals surface area contributed by atoms with Gasteiger partial charge < -0.3 is 14.8 Å². The van der Waals surface area contributed by atoms with E-state index in [2.05, 4.69) is 34.0 Å². The molecule has 21 heavy (non-hydrogen) atoms. The minimum absolute atomic E-state index is 0.100. The number of ether oxygens (including phenoxy) is 2. The average molecular weight is 417 g/mol. The van der Waals surface area contributed by atoms with Crippen molar-refractivity contribution < 1.29 is 14.3 Å². The number of carbonyl (C=O) groups excluding carboxylic acids is 1. The lowest BCUT2D eigenvalue weighted by Gasteiger charge is -2.12. The van der Waals surface area contributed by atoms with E-state index < -0.39 is 0 Å². The van der Waals surface area contributed by atoms with E-state index in [1.165, 1.54) is 4.88 Å². The molecule has 0 radical (unpaired) electrons. The lowest BCUT2D eigenvalue weighted by molar-refractivity contribution is 0.0953. The van der Waals surface area contributed by atoms with Gasteiger partial charge in [-0.15, -0.1) is 11.3 Å². The molecule has 1 heterocycles. The van der Waals surface area contributed by atoms with Crippen LogP contribution in [-0.4, -0.2) is 26.7 Å². The van der Waals surface area contributed by atoms with Gasteiger partial charge in [-0.05, 0) is 52.6 Å². The van der Waals surface area contributed by atoms with Gasteiger partial charge in [0.2, 0.25) is 0 Å². The van der Waals surface area contributed by atoms with E-state index in [4.69, 9.17) is 9.47 Å². The third-order valence-corrected chi connectivity index (χ3v) is 4.78. The van der Waals surface area contributed by atoms with Crippen molar-refractivity contribution in [1.82, 2.24) is 5.32 Å². The Morgan fingerprint density at radius 3 is 2.62 bits per heavy atom. The van der Waals surface area contributed by atoms with Crippen molar-refractivity contribution in [2.45, 2.75) is 6.42 Å². The second-order valence-electron chi connectivity index (χ2n) is 4.27. The molecule has 4 nitrogen and oxygen atoms in total. The SMILES string of the molecule is COc1cc(I)c(C(=O)NCCc2cccs2)cc1OC. The van der Waals surface area contributed by atoms with E-state index in [1.807, 2.05) is 11.4 Å². The van der Waals surface area contributed by atoms with Gasteiger partial charge in [0.15, 0.2) is 11.5 Å². The molecule has 0 saturated carbocycles. The zero-order valence-corrected chi connectivity index (χ0v) is 14.8. The molecule has 0 fully saturated rings. The van der Waals surface area contributed by atoms with Crippen LogP contribution in [0.2, 0.25) is 0 Å². The van der Waals surface area contributed by atoms with Gasteiger partial charge in [-0.1, -0.05) is 6.07 Å². The molecule has 0 saturated heterocycles. The standard InChI is InChI=1S/C15H16INO3S/c1-19-13-8-11(12(16)9-14(13)20-2)15(18)17-6-5-10-4-3-7-21-10/h3-4,7-9H,5-6H2,1-2H3,(H,17,18).